The molecule has 0 unspecified atom stereocenters. The molecular formula is C21H22N2O2S. The Hall–Kier alpha value is -2.66. The van der Waals surface area contributed by atoms with Gasteiger partial charge < -0.3 is 10.1 Å². The Morgan fingerprint density at radius 1 is 1.19 bits per heavy atom. The monoisotopic (exact) mass is 366 g/mol. The predicted molar refractivity (Wildman–Crippen MR) is 109 cm³/mol. The minimum Gasteiger partial charge on any atom is -0.496 e. The molecule has 0 spiro atoms. The van der Waals surface area contributed by atoms with Crippen LogP contribution in [0.25, 0.3) is 6.08 Å². The van der Waals surface area contributed by atoms with Gasteiger partial charge in [-0.1, -0.05) is 32.0 Å². The fourth-order valence-corrected chi connectivity index (χ4v) is 3.30. The third-order valence-electron chi connectivity index (χ3n) is 4.43. The Morgan fingerprint density at radius 3 is 2.50 bits per heavy atom. The van der Waals surface area contributed by atoms with Crippen molar-refractivity contribution in [1.29, 1.82) is 0 Å². The normalized spacial score (nSPS) is 15.7. The van der Waals surface area contributed by atoms with Gasteiger partial charge in [-0.25, -0.2) is 0 Å². The quantitative estimate of drug-likeness (QED) is 0.644. The number of ether oxygens (including phenoxy) is 1. The minimum atomic E-state index is -0.150. The first-order chi connectivity index (χ1) is 12.4. The van der Waals surface area contributed by atoms with Crippen LogP contribution in [-0.2, 0) is 4.79 Å². The summed E-state index contributed by atoms with van der Waals surface area (Å²) in [6.07, 6.45) is 1.86. The lowest BCUT2D eigenvalue weighted by molar-refractivity contribution is -0.113. The summed E-state index contributed by atoms with van der Waals surface area (Å²) in [6.45, 7) is 6.25. The molecule has 2 aromatic carbocycles. The molecule has 134 valence electrons. The number of rotatable bonds is 4. The van der Waals surface area contributed by atoms with E-state index in [4.69, 9.17) is 17.0 Å². The SMILES string of the molecule is COc1cc(C)c(/C=C2\NC(=S)N(c3ccccc3)C2=O)cc1C(C)C. The van der Waals surface area contributed by atoms with Crippen molar-refractivity contribution in [3.63, 3.8) is 0 Å². The van der Waals surface area contributed by atoms with Gasteiger partial charge >= 0.3 is 0 Å². The van der Waals surface area contributed by atoms with Gasteiger partial charge in [0.25, 0.3) is 5.91 Å². The number of amides is 1. The van der Waals surface area contributed by atoms with Crippen molar-refractivity contribution in [3.8, 4) is 5.75 Å². The first-order valence-electron chi connectivity index (χ1n) is 8.53. The molecule has 0 aromatic heterocycles. The van der Waals surface area contributed by atoms with Crippen LogP contribution in [0.3, 0.4) is 0 Å². The molecule has 1 aliphatic heterocycles. The third-order valence-corrected chi connectivity index (χ3v) is 4.72. The molecule has 1 heterocycles. The van der Waals surface area contributed by atoms with Crippen LogP contribution in [0, 0.1) is 6.92 Å². The molecule has 1 aliphatic rings. The number of carbonyl (C=O) groups is 1. The largest absolute Gasteiger partial charge is 0.496 e. The van der Waals surface area contributed by atoms with E-state index < -0.39 is 0 Å². The van der Waals surface area contributed by atoms with Gasteiger partial charge in [-0.15, -0.1) is 0 Å². The van der Waals surface area contributed by atoms with Crippen molar-refractivity contribution in [3.05, 3.63) is 64.9 Å². The average Bonchev–Trinajstić information content (AvgIpc) is 2.90. The predicted octanol–water partition coefficient (Wildman–Crippen LogP) is 4.39. The molecule has 0 bridgehead atoms. The second-order valence-corrected chi connectivity index (χ2v) is 6.96. The number of benzene rings is 2. The van der Waals surface area contributed by atoms with E-state index in [-0.39, 0.29) is 5.91 Å². The summed E-state index contributed by atoms with van der Waals surface area (Å²) in [5, 5.41) is 3.43. The van der Waals surface area contributed by atoms with Gasteiger partial charge in [-0.2, -0.15) is 0 Å². The fourth-order valence-electron chi connectivity index (χ4n) is 3.00. The van der Waals surface area contributed by atoms with E-state index in [1.165, 1.54) is 4.90 Å². The topological polar surface area (TPSA) is 41.6 Å². The standard InChI is InChI=1S/C21H22N2O2S/c1-13(2)17-11-15(14(3)10-19(17)25-4)12-18-20(24)23(21(26)22-18)16-8-6-5-7-9-16/h5-13H,1-4H3,(H,22,26)/b18-12-. The second kappa shape index (κ2) is 7.30. The first kappa shape index (κ1) is 18.1. The molecule has 4 nitrogen and oxygen atoms in total. The van der Waals surface area contributed by atoms with Crippen molar-refractivity contribution < 1.29 is 9.53 Å². The van der Waals surface area contributed by atoms with Gasteiger partial charge in [0, 0.05) is 0 Å². The van der Waals surface area contributed by atoms with Crippen molar-refractivity contribution in [2.75, 3.05) is 12.0 Å². The Balaban J connectivity index is 2.00. The van der Waals surface area contributed by atoms with E-state index in [1.807, 2.05) is 49.4 Å². The highest BCUT2D eigenvalue weighted by Gasteiger charge is 2.32. The van der Waals surface area contributed by atoms with Crippen molar-refractivity contribution in [2.24, 2.45) is 0 Å². The van der Waals surface area contributed by atoms with Crippen LogP contribution in [-0.4, -0.2) is 18.1 Å². The summed E-state index contributed by atoms with van der Waals surface area (Å²) in [4.78, 5) is 14.4. The van der Waals surface area contributed by atoms with Gasteiger partial charge in [-0.05, 0) is 72.1 Å². The second-order valence-electron chi connectivity index (χ2n) is 6.57. The number of hydrogen-bond donors (Lipinski definition) is 1. The summed E-state index contributed by atoms with van der Waals surface area (Å²) < 4.78 is 5.49. The van der Waals surface area contributed by atoms with Gasteiger partial charge in [0.05, 0.1) is 12.8 Å². The van der Waals surface area contributed by atoms with Crippen LogP contribution in [0.1, 0.15) is 36.5 Å². The maximum absolute atomic E-state index is 12.9. The summed E-state index contributed by atoms with van der Waals surface area (Å²) in [7, 11) is 1.68. The highest BCUT2D eigenvalue weighted by molar-refractivity contribution is 7.80. The zero-order valence-corrected chi connectivity index (χ0v) is 16.2. The minimum absolute atomic E-state index is 0.150. The van der Waals surface area contributed by atoms with Crippen molar-refractivity contribution in [1.82, 2.24) is 5.32 Å². The van der Waals surface area contributed by atoms with Crippen molar-refractivity contribution in [2.45, 2.75) is 26.7 Å². The van der Waals surface area contributed by atoms with E-state index in [1.54, 1.807) is 7.11 Å². The average molecular weight is 366 g/mol. The molecule has 1 amide bonds. The number of anilines is 1. The third kappa shape index (κ3) is 3.35. The Labute approximate surface area is 159 Å². The van der Waals surface area contributed by atoms with E-state index in [2.05, 4.69) is 25.2 Å². The Bertz CT molecular complexity index is 888. The maximum atomic E-state index is 12.9. The van der Waals surface area contributed by atoms with Gasteiger partial charge in [0.2, 0.25) is 0 Å². The molecule has 3 rings (SSSR count). The molecule has 1 N–H and O–H groups in total. The van der Waals surface area contributed by atoms with Crippen LogP contribution in [0.5, 0.6) is 5.75 Å². The van der Waals surface area contributed by atoms with Crippen LogP contribution in [0.15, 0.2) is 48.2 Å². The number of para-hydroxylation sites is 1. The Kier molecular flexibility index (Phi) is 5.09. The van der Waals surface area contributed by atoms with Crippen molar-refractivity contribution >= 4 is 35.0 Å². The molecule has 1 saturated heterocycles. The molecule has 0 aliphatic carbocycles. The van der Waals surface area contributed by atoms with Gasteiger partial charge in [0.15, 0.2) is 5.11 Å². The van der Waals surface area contributed by atoms with E-state index in [0.29, 0.717) is 16.7 Å². The number of nitrogens with one attached hydrogen (secondary N) is 1. The van der Waals surface area contributed by atoms with E-state index >= 15 is 0 Å². The molecule has 0 atom stereocenters. The van der Waals surface area contributed by atoms with Gasteiger partial charge in [-0.3, -0.25) is 9.69 Å². The van der Waals surface area contributed by atoms with E-state index in [9.17, 15) is 4.79 Å². The molecular weight excluding hydrogens is 344 g/mol. The lowest BCUT2D eigenvalue weighted by Crippen LogP contribution is -2.30. The zero-order valence-electron chi connectivity index (χ0n) is 15.4. The first-order valence-corrected chi connectivity index (χ1v) is 8.94. The summed E-state index contributed by atoms with van der Waals surface area (Å²) >= 11 is 5.37. The van der Waals surface area contributed by atoms with Crippen LogP contribution in [0.2, 0.25) is 0 Å². The van der Waals surface area contributed by atoms with Crippen LogP contribution >= 0.6 is 12.2 Å². The smallest absolute Gasteiger partial charge is 0.281 e. The lowest BCUT2D eigenvalue weighted by atomic mass is 9.96. The molecule has 26 heavy (non-hydrogen) atoms. The van der Waals surface area contributed by atoms with Gasteiger partial charge in [0.1, 0.15) is 11.4 Å². The number of hydrogen-bond acceptors (Lipinski definition) is 3. The molecule has 0 radical (unpaired) electrons. The van der Waals surface area contributed by atoms with E-state index in [0.717, 1.165) is 28.1 Å². The number of thiocarbonyl (C=S) groups is 1. The fraction of sp³-hybridized carbons (Fsp3) is 0.238. The molecule has 1 fully saturated rings. The summed E-state index contributed by atoms with van der Waals surface area (Å²) in [5.74, 6) is 1.03. The summed E-state index contributed by atoms with van der Waals surface area (Å²) in [5.41, 5.74) is 4.35. The highest BCUT2D eigenvalue weighted by atomic mass is 32.1. The molecule has 2 aromatic rings. The Morgan fingerprint density at radius 2 is 1.88 bits per heavy atom. The maximum Gasteiger partial charge on any atom is 0.281 e. The highest BCUT2D eigenvalue weighted by Crippen LogP contribution is 2.31. The number of nitrogens with zero attached hydrogens (tertiary/aromatic N) is 1. The van der Waals surface area contributed by atoms with Crippen LogP contribution in [0.4, 0.5) is 5.69 Å². The van der Waals surface area contributed by atoms with Crippen LogP contribution < -0.4 is 15.0 Å². The molecule has 0 saturated carbocycles. The number of carbonyl (C=O) groups excluding carboxylic acids is 1. The zero-order chi connectivity index (χ0) is 18.8. The molecule has 5 heteroatoms. The number of methoxy groups -OCH3 is 1. The number of aryl methyl sites for hydroxylation is 1. The lowest BCUT2D eigenvalue weighted by Gasteiger charge is -2.15. The summed E-state index contributed by atoms with van der Waals surface area (Å²) in [6, 6.07) is 13.5.